The zero-order valence-electron chi connectivity index (χ0n) is 56.3. The number of nitrogens with one attached hydrogen (secondary N) is 1. The zero-order chi connectivity index (χ0) is 62.1. The number of esters is 1. The van der Waals surface area contributed by atoms with Crippen LogP contribution in [0.5, 0.6) is 0 Å². The van der Waals surface area contributed by atoms with Crippen molar-refractivity contribution in [3.05, 3.63) is 97.2 Å². The molecule has 0 rings (SSSR count). The summed E-state index contributed by atoms with van der Waals surface area (Å²) in [6.07, 6.45) is 86.9. The Morgan fingerprint density at radius 3 is 1.09 bits per heavy atom. The van der Waals surface area contributed by atoms with E-state index >= 15 is 0 Å². The Hall–Kier alpha value is -3.07. The van der Waals surface area contributed by atoms with Crippen molar-refractivity contribution < 1.29 is 37.3 Å². The lowest BCUT2D eigenvalue weighted by atomic mass is 10.0. The maximum absolute atomic E-state index is 13.6. The normalized spacial score (nSPS) is 14.1. The molecule has 10 heteroatoms. The summed E-state index contributed by atoms with van der Waals surface area (Å²) >= 11 is 0. The first-order valence-corrected chi connectivity index (χ1v) is 37.1. The van der Waals surface area contributed by atoms with Crippen molar-refractivity contribution in [2.45, 2.75) is 328 Å². The second-order valence-corrected chi connectivity index (χ2v) is 26.5. The molecule has 0 radical (unpaired) electrons. The number of phosphoric ester groups is 1. The van der Waals surface area contributed by atoms with E-state index < -0.39 is 20.0 Å². The van der Waals surface area contributed by atoms with Crippen LogP contribution in [0.4, 0.5) is 0 Å². The highest BCUT2D eigenvalue weighted by molar-refractivity contribution is 7.47. The van der Waals surface area contributed by atoms with Crippen LogP contribution in [0, 0.1) is 0 Å². The van der Waals surface area contributed by atoms with E-state index in [1.54, 1.807) is 0 Å². The quantitative estimate of drug-likeness (QED) is 0.0205. The first-order chi connectivity index (χ1) is 41.4. The Bertz CT molecular complexity index is 1780. The standard InChI is InChI=1S/C75H135N2O7P/c1-7-10-13-16-19-22-25-28-30-32-34-35-36-37-38-39-40-41-43-44-46-49-52-55-58-61-64-67-74(78)76-72(71-83-85(80,81)82-70-69-77(4,5)6)73(66-63-60-57-54-51-48-27-24-21-18-15-12-9-3)84-75(79)68-65-62-59-56-53-50-47-45-42-33-31-29-26-23-20-17-14-11-8-2/h19-20,22-23,28-31,34-35,37-38,42,45,63,66,72-73H,7-18,21,24-27,32-33,36,39-41,43-44,46-62,64-65,67-71H2,1-6H3,(H-,76,78,80,81)/p+1/b22-19-,23-20-,30-28-,31-29-,35-34-,38-37-,45-42-,66-63-. The van der Waals surface area contributed by atoms with Gasteiger partial charge in [-0.2, -0.15) is 0 Å². The van der Waals surface area contributed by atoms with E-state index in [1.807, 2.05) is 33.3 Å². The van der Waals surface area contributed by atoms with E-state index in [4.69, 9.17) is 13.8 Å². The molecule has 0 aromatic heterocycles. The average molecular weight is 1210 g/mol. The van der Waals surface area contributed by atoms with Gasteiger partial charge in [0.1, 0.15) is 19.3 Å². The summed E-state index contributed by atoms with van der Waals surface area (Å²) in [7, 11) is 1.48. The van der Waals surface area contributed by atoms with Gasteiger partial charge in [-0.1, -0.05) is 285 Å². The smallest absolute Gasteiger partial charge is 0.456 e. The Balaban J connectivity index is 5.12. The maximum Gasteiger partial charge on any atom is 0.472 e. The van der Waals surface area contributed by atoms with Crippen LogP contribution in [-0.2, 0) is 27.9 Å². The maximum atomic E-state index is 13.6. The van der Waals surface area contributed by atoms with E-state index in [0.717, 1.165) is 103 Å². The molecule has 0 fully saturated rings. The number of hydrogen-bond acceptors (Lipinski definition) is 6. The van der Waals surface area contributed by atoms with Gasteiger partial charge in [-0.3, -0.25) is 18.6 Å². The number of nitrogens with zero attached hydrogens (tertiary/aromatic N) is 1. The van der Waals surface area contributed by atoms with Crippen LogP contribution in [0.15, 0.2) is 97.2 Å². The summed E-state index contributed by atoms with van der Waals surface area (Å²) in [5, 5.41) is 3.07. The topological polar surface area (TPSA) is 111 Å². The number of quaternary nitrogens is 1. The minimum Gasteiger partial charge on any atom is -0.456 e. The molecular weight excluding hydrogens is 1070 g/mol. The Kier molecular flexibility index (Phi) is 61.6. The summed E-state index contributed by atoms with van der Waals surface area (Å²) in [5.74, 6) is -0.519. The lowest BCUT2D eigenvalue weighted by molar-refractivity contribution is -0.870. The van der Waals surface area contributed by atoms with Gasteiger partial charge in [-0.15, -0.1) is 0 Å². The Morgan fingerprint density at radius 2 is 0.718 bits per heavy atom. The molecule has 9 nitrogen and oxygen atoms in total. The van der Waals surface area contributed by atoms with Crippen molar-refractivity contribution in [1.29, 1.82) is 0 Å². The molecule has 0 heterocycles. The molecule has 3 unspecified atom stereocenters. The summed E-state index contributed by atoms with van der Waals surface area (Å²) in [4.78, 5) is 37.9. The van der Waals surface area contributed by atoms with Gasteiger partial charge in [0.05, 0.1) is 33.8 Å². The molecule has 2 N–H and O–H groups in total. The van der Waals surface area contributed by atoms with Gasteiger partial charge in [0.15, 0.2) is 0 Å². The predicted molar refractivity (Wildman–Crippen MR) is 369 cm³/mol. The van der Waals surface area contributed by atoms with Gasteiger partial charge >= 0.3 is 13.8 Å². The fraction of sp³-hybridized carbons (Fsp3) is 0.760. The molecule has 0 saturated heterocycles. The van der Waals surface area contributed by atoms with E-state index in [1.165, 1.54) is 180 Å². The summed E-state index contributed by atoms with van der Waals surface area (Å²) in [6, 6.07) is -0.862. The largest absolute Gasteiger partial charge is 0.472 e. The van der Waals surface area contributed by atoms with Crippen molar-refractivity contribution in [1.82, 2.24) is 5.32 Å². The monoisotopic (exact) mass is 1210 g/mol. The first kappa shape index (κ1) is 81.9. The molecule has 0 aliphatic carbocycles. The van der Waals surface area contributed by atoms with Gasteiger partial charge in [0, 0.05) is 12.8 Å². The SMILES string of the molecule is CCCCC/C=C\C/C=C\C/C=C\C/C=C\CCCCCCCCCCCCCC(=O)NC(COP(=O)(O)OCC[N+](C)(C)C)C(/C=C\CCCCCCCCCCCCC)OC(=O)CCCCCCCC/C=C\C/C=C\C/C=C\CCCCC. The third kappa shape index (κ3) is 65.2. The number of amides is 1. The van der Waals surface area contributed by atoms with Crippen molar-refractivity contribution in [2.75, 3.05) is 40.9 Å². The first-order valence-electron chi connectivity index (χ1n) is 35.6. The molecule has 0 spiro atoms. The number of unbranched alkanes of at least 4 members (excludes halogenated alkanes) is 34. The second-order valence-electron chi connectivity index (χ2n) is 25.0. The predicted octanol–water partition coefficient (Wildman–Crippen LogP) is 22.7. The van der Waals surface area contributed by atoms with Crippen molar-refractivity contribution in [2.24, 2.45) is 0 Å². The highest BCUT2D eigenvalue weighted by Crippen LogP contribution is 2.43. The number of likely N-dealkylation sites (N-methyl/N-ethyl adjacent to an activating group) is 1. The molecule has 492 valence electrons. The molecular formula is C75H136N2O7P+. The molecule has 0 aliphatic rings. The fourth-order valence-corrected chi connectivity index (χ4v) is 10.7. The molecule has 0 saturated carbocycles. The Morgan fingerprint density at radius 1 is 0.412 bits per heavy atom. The van der Waals surface area contributed by atoms with Gasteiger partial charge in [0.2, 0.25) is 5.91 Å². The molecule has 3 atom stereocenters. The summed E-state index contributed by atoms with van der Waals surface area (Å²) < 4.78 is 30.8. The third-order valence-corrected chi connectivity index (χ3v) is 16.5. The van der Waals surface area contributed by atoms with E-state index in [2.05, 4.69) is 111 Å². The average Bonchev–Trinajstić information content (AvgIpc) is 3.53. The van der Waals surface area contributed by atoms with Crippen molar-refractivity contribution in [3.8, 4) is 0 Å². The number of carbonyl (C=O) groups excluding carboxylic acids is 2. The van der Waals surface area contributed by atoms with Gasteiger partial charge in [0.25, 0.3) is 0 Å². The molecule has 0 bridgehead atoms. The van der Waals surface area contributed by atoms with E-state index in [0.29, 0.717) is 17.4 Å². The molecule has 0 aliphatic heterocycles. The number of hydrogen-bond donors (Lipinski definition) is 2. The van der Waals surface area contributed by atoms with Crippen LogP contribution >= 0.6 is 7.82 Å². The highest BCUT2D eigenvalue weighted by atomic mass is 31.2. The number of carbonyl (C=O) groups is 2. The number of ether oxygens (including phenoxy) is 1. The van der Waals surface area contributed by atoms with E-state index in [-0.39, 0.29) is 31.5 Å². The number of rotatable bonds is 64. The zero-order valence-corrected chi connectivity index (χ0v) is 57.2. The second kappa shape index (κ2) is 63.9. The minimum absolute atomic E-state index is 0.0338. The van der Waals surface area contributed by atoms with E-state index in [9.17, 15) is 19.0 Å². The van der Waals surface area contributed by atoms with Gasteiger partial charge < -0.3 is 19.4 Å². The lowest BCUT2D eigenvalue weighted by Gasteiger charge is -2.27. The fourth-order valence-electron chi connectivity index (χ4n) is 9.99. The summed E-state index contributed by atoms with van der Waals surface area (Å²) in [6.45, 7) is 6.97. The van der Waals surface area contributed by atoms with Gasteiger partial charge in [-0.25, -0.2) is 4.57 Å². The molecule has 0 aromatic rings. The number of allylic oxidation sites excluding steroid dienone is 15. The molecule has 1 amide bonds. The van der Waals surface area contributed by atoms with Crippen molar-refractivity contribution >= 4 is 19.7 Å². The molecule has 85 heavy (non-hydrogen) atoms. The highest BCUT2D eigenvalue weighted by Gasteiger charge is 2.30. The molecule has 0 aromatic carbocycles. The Labute approximate surface area is 526 Å². The van der Waals surface area contributed by atoms with Crippen molar-refractivity contribution in [3.63, 3.8) is 0 Å². The van der Waals surface area contributed by atoms with Crippen LogP contribution in [-0.4, -0.2) is 74.3 Å². The van der Waals surface area contributed by atoms with Crippen LogP contribution in [0.25, 0.3) is 0 Å². The van der Waals surface area contributed by atoms with Crippen LogP contribution in [0.3, 0.4) is 0 Å². The summed E-state index contributed by atoms with van der Waals surface area (Å²) in [5.41, 5.74) is 0. The van der Waals surface area contributed by atoms with Crippen LogP contribution in [0.1, 0.15) is 316 Å². The van der Waals surface area contributed by atoms with Gasteiger partial charge in [-0.05, 0) is 115 Å². The van der Waals surface area contributed by atoms with Crippen LogP contribution < -0.4 is 5.32 Å². The lowest BCUT2D eigenvalue weighted by Crippen LogP contribution is -2.47. The minimum atomic E-state index is -4.46. The third-order valence-electron chi connectivity index (χ3n) is 15.5. The number of phosphoric acid groups is 1. The van der Waals surface area contributed by atoms with Crippen LogP contribution in [0.2, 0.25) is 0 Å².